The van der Waals surface area contributed by atoms with Crippen molar-refractivity contribution < 1.29 is 24.1 Å². The van der Waals surface area contributed by atoms with E-state index in [9.17, 15) is 4.79 Å². The Morgan fingerprint density at radius 1 is 0.905 bits per heavy atom. The van der Waals surface area contributed by atoms with Gasteiger partial charge in [0, 0.05) is 18.2 Å². The number of rotatable bonds is 5. The minimum absolute atomic E-state index is 0.255. The molecule has 110 valence electrons. The minimum atomic E-state index is -0.956. The van der Waals surface area contributed by atoms with Crippen molar-refractivity contribution >= 4 is 5.97 Å². The van der Waals surface area contributed by atoms with Crippen LogP contribution in [-0.2, 0) is 0 Å². The third-order valence-electron chi connectivity index (χ3n) is 2.99. The van der Waals surface area contributed by atoms with Gasteiger partial charge in [-0.3, -0.25) is 0 Å². The summed E-state index contributed by atoms with van der Waals surface area (Å²) in [4.78, 5) is 11.0. The summed E-state index contributed by atoms with van der Waals surface area (Å²) in [6.45, 7) is 1.72. The first-order valence-corrected chi connectivity index (χ1v) is 6.28. The number of hydrogen-bond acceptors (Lipinski definition) is 4. The number of aromatic carboxylic acids is 1. The maximum absolute atomic E-state index is 11.0. The monoisotopic (exact) mass is 288 g/mol. The van der Waals surface area contributed by atoms with E-state index in [1.54, 1.807) is 51.5 Å². The Morgan fingerprint density at radius 3 is 1.95 bits per heavy atom. The standard InChI is InChI=1S/C16H16O5/c1-10-6-11(4-5-15(10)16(17)18)21-14-8-12(19-2)7-13(9-14)20-3/h4-9H,1-3H3,(H,17,18). The van der Waals surface area contributed by atoms with Crippen molar-refractivity contribution in [2.75, 3.05) is 14.2 Å². The van der Waals surface area contributed by atoms with E-state index in [0.717, 1.165) is 0 Å². The normalized spacial score (nSPS) is 10.0. The Morgan fingerprint density at radius 2 is 1.48 bits per heavy atom. The van der Waals surface area contributed by atoms with Gasteiger partial charge in [0.2, 0.25) is 0 Å². The molecule has 1 N–H and O–H groups in total. The summed E-state index contributed by atoms with van der Waals surface area (Å²) >= 11 is 0. The topological polar surface area (TPSA) is 65.0 Å². The number of ether oxygens (including phenoxy) is 3. The molecule has 0 aliphatic heterocycles. The average molecular weight is 288 g/mol. The van der Waals surface area contributed by atoms with Gasteiger partial charge in [-0.25, -0.2) is 4.79 Å². The number of carbonyl (C=O) groups is 1. The Kier molecular flexibility index (Phi) is 4.33. The summed E-state index contributed by atoms with van der Waals surface area (Å²) in [6, 6.07) is 10.00. The molecule has 2 aromatic rings. The van der Waals surface area contributed by atoms with Crippen LogP contribution in [0.15, 0.2) is 36.4 Å². The van der Waals surface area contributed by atoms with Crippen LogP contribution >= 0.6 is 0 Å². The van der Waals surface area contributed by atoms with Crippen molar-refractivity contribution in [2.24, 2.45) is 0 Å². The van der Waals surface area contributed by atoms with Crippen LogP contribution in [0.1, 0.15) is 15.9 Å². The molecule has 0 amide bonds. The fourth-order valence-corrected chi connectivity index (χ4v) is 1.92. The lowest BCUT2D eigenvalue weighted by Crippen LogP contribution is -1.99. The SMILES string of the molecule is COc1cc(OC)cc(Oc2ccc(C(=O)O)c(C)c2)c1. The summed E-state index contributed by atoms with van der Waals surface area (Å²) in [5.41, 5.74) is 0.889. The summed E-state index contributed by atoms with van der Waals surface area (Å²) < 4.78 is 16.1. The highest BCUT2D eigenvalue weighted by molar-refractivity contribution is 5.89. The summed E-state index contributed by atoms with van der Waals surface area (Å²) in [5.74, 6) is 1.37. The molecule has 0 aliphatic carbocycles. The Hall–Kier alpha value is -2.69. The van der Waals surface area contributed by atoms with Gasteiger partial charge in [0.1, 0.15) is 23.0 Å². The van der Waals surface area contributed by atoms with Gasteiger partial charge in [-0.15, -0.1) is 0 Å². The van der Waals surface area contributed by atoms with E-state index in [0.29, 0.717) is 28.6 Å². The predicted molar refractivity (Wildman–Crippen MR) is 77.8 cm³/mol. The smallest absolute Gasteiger partial charge is 0.335 e. The number of aryl methyl sites for hydroxylation is 1. The molecule has 0 atom stereocenters. The molecule has 21 heavy (non-hydrogen) atoms. The van der Waals surface area contributed by atoms with Crippen LogP contribution < -0.4 is 14.2 Å². The zero-order valence-corrected chi connectivity index (χ0v) is 12.0. The van der Waals surface area contributed by atoms with E-state index in [1.165, 1.54) is 6.07 Å². The van der Waals surface area contributed by atoms with Gasteiger partial charge in [-0.2, -0.15) is 0 Å². The second-order valence-electron chi connectivity index (χ2n) is 4.43. The molecule has 0 heterocycles. The fraction of sp³-hybridized carbons (Fsp3) is 0.188. The predicted octanol–water partition coefficient (Wildman–Crippen LogP) is 3.50. The third-order valence-corrected chi connectivity index (χ3v) is 2.99. The van der Waals surface area contributed by atoms with E-state index in [1.807, 2.05) is 0 Å². The highest BCUT2D eigenvalue weighted by Crippen LogP contribution is 2.31. The lowest BCUT2D eigenvalue weighted by Gasteiger charge is -2.11. The zero-order chi connectivity index (χ0) is 15.4. The summed E-state index contributed by atoms with van der Waals surface area (Å²) in [5, 5.41) is 9.01. The molecule has 0 saturated carbocycles. The molecule has 5 heteroatoms. The molecule has 0 aromatic heterocycles. The van der Waals surface area contributed by atoms with E-state index < -0.39 is 5.97 Å². The molecule has 0 bridgehead atoms. The Balaban J connectivity index is 2.29. The van der Waals surface area contributed by atoms with E-state index >= 15 is 0 Å². The van der Waals surface area contributed by atoms with Crippen LogP contribution in [0.4, 0.5) is 0 Å². The molecule has 0 saturated heterocycles. The van der Waals surface area contributed by atoms with E-state index in [4.69, 9.17) is 19.3 Å². The Labute approximate surface area is 122 Å². The molecule has 2 aromatic carbocycles. The van der Waals surface area contributed by atoms with Gasteiger partial charge < -0.3 is 19.3 Å². The van der Waals surface area contributed by atoms with Gasteiger partial charge in [0.25, 0.3) is 0 Å². The van der Waals surface area contributed by atoms with Gasteiger partial charge >= 0.3 is 5.97 Å². The molecule has 0 fully saturated rings. The molecule has 0 radical (unpaired) electrons. The van der Waals surface area contributed by atoms with Crippen LogP contribution in [0.3, 0.4) is 0 Å². The Bertz CT molecular complexity index is 641. The van der Waals surface area contributed by atoms with E-state index in [2.05, 4.69) is 0 Å². The van der Waals surface area contributed by atoms with Crippen molar-refractivity contribution in [1.29, 1.82) is 0 Å². The maximum atomic E-state index is 11.0. The van der Waals surface area contributed by atoms with Crippen LogP contribution in [0.25, 0.3) is 0 Å². The zero-order valence-electron chi connectivity index (χ0n) is 12.0. The fourth-order valence-electron chi connectivity index (χ4n) is 1.92. The molecule has 0 spiro atoms. The largest absolute Gasteiger partial charge is 0.496 e. The molecule has 0 unspecified atom stereocenters. The number of hydrogen-bond donors (Lipinski definition) is 1. The number of methoxy groups -OCH3 is 2. The lowest BCUT2D eigenvalue weighted by atomic mass is 10.1. The number of benzene rings is 2. The van der Waals surface area contributed by atoms with Crippen molar-refractivity contribution in [3.05, 3.63) is 47.5 Å². The minimum Gasteiger partial charge on any atom is -0.496 e. The van der Waals surface area contributed by atoms with Crippen molar-refractivity contribution in [2.45, 2.75) is 6.92 Å². The van der Waals surface area contributed by atoms with Gasteiger partial charge in [-0.1, -0.05) is 0 Å². The van der Waals surface area contributed by atoms with Crippen molar-refractivity contribution in [3.8, 4) is 23.0 Å². The second-order valence-corrected chi connectivity index (χ2v) is 4.43. The molecular weight excluding hydrogens is 272 g/mol. The van der Waals surface area contributed by atoms with Gasteiger partial charge in [-0.05, 0) is 30.7 Å². The quantitative estimate of drug-likeness (QED) is 0.912. The van der Waals surface area contributed by atoms with Crippen LogP contribution in [0.2, 0.25) is 0 Å². The molecule has 0 aliphatic rings. The second kappa shape index (κ2) is 6.17. The van der Waals surface area contributed by atoms with Crippen molar-refractivity contribution in [1.82, 2.24) is 0 Å². The third kappa shape index (κ3) is 3.45. The molecule has 5 nitrogen and oxygen atoms in total. The first kappa shape index (κ1) is 14.7. The van der Waals surface area contributed by atoms with E-state index in [-0.39, 0.29) is 5.56 Å². The first-order chi connectivity index (χ1) is 10.0. The van der Waals surface area contributed by atoms with Crippen LogP contribution in [0.5, 0.6) is 23.0 Å². The number of carboxylic acids is 1. The summed E-state index contributed by atoms with van der Waals surface area (Å²) in [6.07, 6.45) is 0. The molecular formula is C16H16O5. The average Bonchev–Trinajstić information content (AvgIpc) is 2.46. The number of carboxylic acid groups (broad SMARTS) is 1. The van der Waals surface area contributed by atoms with Gasteiger partial charge in [0.05, 0.1) is 19.8 Å². The van der Waals surface area contributed by atoms with Crippen LogP contribution in [0, 0.1) is 6.92 Å². The molecule has 2 rings (SSSR count). The van der Waals surface area contributed by atoms with Crippen molar-refractivity contribution in [3.63, 3.8) is 0 Å². The summed E-state index contributed by atoms with van der Waals surface area (Å²) in [7, 11) is 3.12. The van der Waals surface area contributed by atoms with Crippen LogP contribution in [-0.4, -0.2) is 25.3 Å². The lowest BCUT2D eigenvalue weighted by molar-refractivity contribution is 0.0696. The maximum Gasteiger partial charge on any atom is 0.335 e. The highest BCUT2D eigenvalue weighted by atomic mass is 16.5. The highest BCUT2D eigenvalue weighted by Gasteiger charge is 2.09. The first-order valence-electron chi connectivity index (χ1n) is 6.28. The van der Waals surface area contributed by atoms with Gasteiger partial charge in [0.15, 0.2) is 0 Å².